The minimum atomic E-state index is -3.00. The van der Waals surface area contributed by atoms with Crippen molar-refractivity contribution in [2.75, 3.05) is 29.9 Å². The van der Waals surface area contributed by atoms with Gasteiger partial charge in [-0.1, -0.05) is 17.7 Å². The molecule has 4 heterocycles. The summed E-state index contributed by atoms with van der Waals surface area (Å²) in [5, 5.41) is 16.5. The molecule has 0 spiro atoms. The van der Waals surface area contributed by atoms with Gasteiger partial charge < -0.3 is 15.3 Å². The highest BCUT2D eigenvalue weighted by Crippen LogP contribution is 2.45. The lowest BCUT2D eigenvalue weighted by molar-refractivity contribution is 0.102. The smallest absolute Gasteiger partial charge is 0.275 e. The Kier molecular flexibility index (Phi) is 6.84. The quantitative estimate of drug-likeness (QED) is 0.324. The average molecular weight is 571 g/mol. The summed E-state index contributed by atoms with van der Waals surface area (Å²) < 4.78 is 43.2. The molecule has 2 aliphatic rings. The molecule has 14 heteroatoms. The van der Waals surface area contributed by atoms with Crippen molar-refractivity contribution in [2.24, 2.45) is 11.8 Å². The maximum atomic E-state index is 14.7. The van der Waals surface area contributed by atoms with Crippen LogP contribution in [0.5, 0.6) is 0 Å². The second-order valence-electron chi connectivity index (χ2n) is 9.75. The summed E-state index contributed by atoms with van der Waals surface area (Å²) in [7, 11) is 0. The number of aliphatic hydroxyl groups excluding tert-OH is 1. The Bertz CT molecular complexity index is 1560. The van der Waals surface area contributed by atoms with Crippen molar-refractivity contribution in [3.8, 4) is 11.3 Å². The Morgan fingerprint density at radius 1 is 1.12 bits per heavy atom. The standard InChI is InChI=1S/C26H22ClF3N8O2/c27-18-2-1-17(24(29)30)22(23(18)28)19-7-31-8-20(36-19)25(40)35-16-6-34-38(11-16)21(12-39)15-4-32-26(33-5-15)37-9-13-3-14(13)10-37/h1-2,4-8,11,13-14,21,24,39H,3,9-10,12H2,(H,35,40). The molecule has 3 unspecified atom stereocenters. The first kappa shape index (κ1) is 26.1. The Balaban J connectivity index is 1.18. The number of carbonyl (C=O) groups excluding carboxylic acids is 1. The van der Waals surface area contributed by atoms with E-state index in [9.17, 15) is 23.1 Å². The number of fused-ring (bicyclic) bond motifs is 1. The lowest BCUT2D eigenvalue weighted by Gasteiger charge is -2.19. The molecule has 1 saturated carbocycles. The van der Waals surface area contributed by atoms with E-state index in [4.69, 9.17) is 11.6 Å². The number of carbonyl (C=O) groups is 1. The number of aliphatic hydroxyl groups is 1. The number of hydrogen-bond donors (Lipinski definition) is 2. The summed E-state index contributed by atoms with van der Waals surface area (Å²) in [6.07, 6.45) is 6.64. The van der Waals surface area contributed by atoms with Gasteiger partial charge in [0, 0.05) is 48.4 Å². The van der Waals surface area contributed by atoms with Crippen molar-refractivity contribution < 1.29 is 23.1 Å². The highest BCUT2D eigenvalue weighted by Gasteiger charge is 2.45. The third-order valence-corrected chi connectivity index (χ3v) is 7.43. The lowest BCUT2D eigenvalue weighted by Crippen LogP contribution is -2.24. The second-order valence-corrected chi connectivity index (χ2v) is 10.2. The highest BCUT2D eigenvalue weighted by atomic mass is 35.5. The van der Waals surface area contributed by atoms with Crippen LogP contribution in [0.4, 0.5) is 24.8 Å². The minimum absolute atomic E-state index is 0.243. The summed E-state index contributed by atoms with van der Waals surface area (Å²) in [6, 6.07) is 1.42. The first-order valence-electron chi connectivity index (χ1n) is 12.4. The molecule has 1 amide bonds. The maximum Gasteiger partial charge on any atom is 0.275 e. The second kappa shape index (κ2) is 10.5. The molecule has 40 heavy (non-hydrogen) atoms. The number of benzene rings is 1. The van der Waals surface area contributed by atoms with E-state index in [2.05, 4.69) is 35.3 Å². The third-order valence-electron chi connectivity index (χ3n) is 7.14. The van der Waals surface area contributed by atoms with Gasteiger partial charge in [0.25, 0.3) is 12.3 Å². The molecule has 0 bridgehead atoms. The van der Waals surface area contributed by atoms with Gasteiger partial charge >= 0.3 is 0 Å². The molecule has 0 radical (unpaired) electrons. The van der Waals surface area contributed by atoms with Crippen LogP contribution in [0.2, 0.25) is 5.02 Å². The van der Waals surface area contributed by atoms with Gasteiger partial charge in [0.05, 0.1) is 41.6 Å². The molecular formula is C26H22ClF3N8O2. The number of piperidine rings is 1. The molecule has 3 aromatic heterocycles. The first-order valence-corrected chi connectivity index (χ1v) is 12.8. The predicted octanol–water partition coefficient (Wildman–Crippen LogP) is 4.15. The topological polar surface area (TPSA) is 122 Å². The van der Waals surface area contributed by atoms with Crippen LogP contribution in [-0.4, -0.2) is 60.4 Å². The molecule has 10 nitrogen and oxygen atoms in total. The van der Waals surface area contributed by atoms with E-state index in [0.717, 1.165) is 49.5 Å². The van der Waals surface area contributed by atoms with E-state index < -0.39 is 35.3 Å². The zero-order valence-corrected chi connectivity index (χ0v) is 21.5. The Morgan fingerprint density at radius 2 is 1.88 bits per heavy atom. The van der Waals surface area contributed by atoms with Gasteiger partial charge in [-0.05, 0) is 24.3 Å². The molecule has 6 rings (SSSR count). The Labute approximate surface area is 230 Å². The van der Waals surface area contributed by atoms with E-state index in [1.165, 1.54) is 23.5 Å². The van der Waals surface area contributed by atoms with E-state index in [0.29, 0.717) is 11.5 Å². The fourth-order valence-electron chi connectivity index (χ4n) is 4.94. The highest BCUT2D eigenvalue weighted by molar-refractivity contribution is 6.31. The first-order chi connectivity index (χ1) is 19.3. The number of rotatable bonds is 8. The van der Waals surface area contributed by atoms with E-state index >= 15 is 0 Å². The van der Waals surface area contributed by atoms with Crippen LogP contribution < -0.4 is 10.2 Å². The molecule has 1 aliphatic heterocycles. The van der Waals surface area contributed by atoms with E-state index in [1.54, 1.807) is 12.4 Å². The fourth-order valence-corrected chi connectivity index (χ4v) is 5.10. The van der Waals surface area contributed by atoms with Crippen molar-refractivity contribution in [1.29, 1.82) is 0 Å². The van der Waals surface area contributed by atoms with Crippen LogP contribution >= 0.6 is 11.6 Å². The van der Waals surface area contributed by atoms with Crippen LogP contribution in [0.25, 0.3) is 11.3 Å². The van der Waals surface area contributed by atoms with Gasteiger partial charge in [0.2, 0.25) is 5.95 Å². The predicted molar refractivity (Wildman–Crippen MR) is 139 cm³/mol. The summed E-state index contributed by atoms with van der Waals surface area (Å²) >= 11 is 5.79. The van der Waals surface area contributed by atoms with Crippen molar-refractivity contribution >= 4 is 29.1 Å². The maximum absolute atomic E-state index is 14.7. The number of halogens is 4. The van der Waals surface area contributed by atoms with Gasteiger partial charge in [-0.15, -0.1) is 0 Å². The molecule has 1 aliphatic carbocycles. The number of nitrogens with zero attached hydrogens (tertiary/aromatic N) is 7. The fraction of sp³-hybridized carbons (Fsp3) is 0.308. The van der Waals surface area contributed by atoms with Crippen molar-refractivity contribution in [2.45, 2.75) is 18.9 Å². The van der Waals surface area contributed by atoms with Crippen LogP contribution in [0.3, 0.4) is 0 Å². The molecule has 3 atom stereocenters. The van der Waals surface area contributed by atoms with E-state index in [-0.39, 0.29) is 28.7 Å². The molecule has 4 aromatic rings. The number of amides is 1. The average Bonchev–Trinajstić information content (AvgIpc) is 3.31. The molecule has 2 N–H and O–H groups in total. The minimum Gasteiger partial charge on any atom is -0.394 e. The van der Waals surface area contributed by atoms with Crippen molar-refractivity contribution in [3.05, 3.63) is 77.0 Å². The third kappa shape index (κ3) is 4.97. The van der Waals surface area contributed by atoms with Crippen LogP contribution in [0.15, 0.2) is 49.3 Å². The van der Waals surface area contributed by atoms with E-state index in [1.807, 2.05) is 0 Å². The number of nitrogens with one attached hydrogen (secondary N) is 1. The number of anilines is 2. The largest absolute Gasteiger partial charge is 0.394 e. The number of aromatic nitrogens is 6. The van der Waals surface area contributed by atoms with Crippen LogP contribution in [0.1, 0.15) is 40.5 Å². The summed E-state index contributed by atoms with van der Waals surface area (Å²) in [4.78, 5) is 31.9. The molecular weight excluding hydrogens is 549 g/mol. The van der Waals surface area contributed by atoms with Gasteiger partial charge in [-0.3, -0.25) is 14.5 Å². The van der Waals surface area contributed by atoms with Gasteiger partial charge in [0.1, 0.15) is 11.7 Å². The summed E-state index contributed by atoms with van der Waals surface area (Å²) in [5.74, 6) is 0.326. The molecule has 2 fully saturated rings. The summed E-state index contributed by atoms with van der Waals surface area (Å²) in [6.45, 7) is 1.63. The van der Waals surface area contributed by atoms with Gasteiger partial charge in [-0.25, -0.2) is 28.1 Å². The zero-order chi connectivity index (χ0) is 28.0. The lowest BCUT2D eigenvalue weighted by atomic mass is 10.0. The van der Waals surface area contributed by atoms with Crippen LogP contribution in [-0.2, 0) is 0 Å². The number of alkyl halides is 2. The zero-order valence-electron chi connectivity index (χ0n) is 20.8. The van der Waals surface area contributed by atoms with Crippen molar-refractivity contribution in [1.82, 2.24) is 29.7 Å². The SMILES string of the molecule is O=C(Nc1cnn(C(CO)c2cnc(N3CC4CC4C3)nc2)c1)c1cncc(-c2c(C(F)F)ccc(Cl)c2F)n1. The monoisotopic (exact) mass is 570 g/mol. The molecule has 206 valence electrons. The normalized spacial score (nSPS) is 18.6. The van der Waals surface area contributed by atoms with Crippen LogP contribution in [0, 0.1) is 17.7 Å². The van der Waals surface area contributed by atoms with Gasteiger partial charge in [0.15, 0.2) is 5.82 Å². The number of hydrogen-bond acceptors (Lipinski definition) is 8. The summed E-state index contributed by atoms with van der Waals surface area (Å²) in [5.41, 5.74) is -0.766. The Morgan fingerprint density at radius 3 is 2.58 bits per heavy atom. The molecule has 1 saturated heterocycles. The Hall–Kier alpha value is -4.10. The van der Waals surface area contributed by atoms with Crippen molar-refractivity contribution in [3.63, 3.8) is 0 Å². The van der Waals surface area contributed by atoms with Gasteiger partial charge in [-0.2, -0.15) is 5.10 Å². The molecule has 1 aromatic carbocycles.